The molecule has 3 aromatic rings. The predicted molar refractivity (Wildman–Crippen MR) is 116 cm³/mol. The molecule has 10 heteroatoms. The third-order valence-electron chi connectivity index (χ3n) is 4.27. The van der Waals surface area contributed by atoms with Gasteiger partial charge >= 0.3 is 0 Å². The number of aromatic amines is 1. The molecule has 1 unspecified atom stereocenters. The number of carbonyl (C=O) groups excluding carboxylic acids is 1. The van der Waals surface area contributed by atoms with Gasteiger partial charge in [-0.05, 0) is 38.1 Å². The number of aromatic nitrogens is 4. The van der Waals surface area contributed by atoms with Crippen LogP contribution in [0.1, 0.15) is 41.7 Å². The van der Waals surface area contributed by atoms with Gasteiger partial charge in [-0.1, -0.05) is 17.7 Å². The van der Waals surface area contributed by atoms with Crippen molar-refractivity contribution in [2.45, 2.75) is 32.5 Å². The van der Waals surface area contributed by atoms with Crippen molar-refractivity contribution in [1.82, 2.24) is 25.3 Å². The average Bonchev–Trinajstić information content (AvgIpc) is 3.37. The standard InChI is InChI=1S/C19H18ClIN6O2/c1-11(23-19(28)18-8-17(24-25-18)12(2)29-21)10-27-6-5-16(26-27)13-3-4-14(9-22)15(20)7-13/h3-8,11-12H,10H2,1-2H3,(H,23,28)(H,24,25)/t11-,12?/m0/s1. The number of hydrogen-bond donors (Lipinski definition) is 2. The SMILES string of the molecule is CC(OI)c1cc(C(=O)N[C@@H](C)Cn2ccc(-c3ccc(C#N)c(Cl)c3)n2)n[nH]1. The molecule has 0 bridgehead atoms. The first-order chi connectivity index (χ1) is 13.9. The van der Waals surface area contributed by atoms with E-state index in [0.717, 1.165) is 17.0 Å². The molecular formula is C19H18ClIN6O2. The van der Waals surface area contributed by atoms with Gasteiger partial charge in [-0.2, -0.15) is 15.5 Å². The minimum absolute atomic E-state index is 0.168. The van der Waals surface area contributed by atoms with Crippen LogP contribution in [0.2, 0.25) is 5.02 Å². The Balaban J connectivity index is 1.62. The third-order valence-corrected chi connectivity index (χ3v) is 5.34. The number of nitrogens with one attached hydrogen (secondary N) is 2. The van der Waals surface area contributed by atoms with Crippen molar-refractivity contribution >= 4 is 40.5 Å². The van der Waals surface area contributed by atoms with Crippen LogP contribution >= 0.6 is 34.6 Å². The summed E-state index contributed by atoms with van der Waals surface area (Å²) in [7, 11) is 0. The second-order valence-electron chi connectivity index (χ2n) is 6.54. The molecule has 2 atom stereocenters. The third kappa shape index (κ3) is 5.14. The fourth-order valence-electron chi connectivity index (χ4n) is 2.72. The molecular weight excluding hydrogens is 507 g/mol. The van der Waals surface area contributed by atoms with E-state index in [4.69, 9.17) is 19.9 Å². The van der Waals surface area contributed by atoms with Crippen molar-refractivity contribution in [3.05, 3.63) is 58.5 Å². The predicted octanol–water partition coefficient (Wildman–Crippen LogP) is 4.04. The van der Waals surface area contributed by atoms with E-state index in [1.807, 2.05) is 55.2 Å². The molecule has 150 valence electrons. The number of rotatable bonds is 7. The van der Waals surface area contributed by atoms with Gasteiger partial charge in [-0.15, -0.1) is 0 Å². The normalized spacial score (nSPS) is 12.9. The lowest BCUT2D eigenvalue weighted by Crippen LogP contribution is -2.36. The van der Waals surface area contributed by atoms with E-state index >= 15 is 0 Å². The number of benzene rings is 1. The maximum absolute atomic E-state index is 12.4. The van der Waals surface area contributed by atoms with Gasteiger partial charge in [0.1, 0.15) is 40.9 Å². The lowest BCUT2D eigenvalue weighted by atomic mass is 10.1. The Morgan fingerprint density at radius 2 is 2.21 bits per heavy atom. The number of halogens is 2. The fraction of sp³-hybridized carbons (Fsp3) is 0.263. The molecule has 2 heterocycles. The monoisotopic (exact) mass is 524 g/mol. The molecule has 1 amide bonds. The molecule has 29 heavy (non-hydrogen) atoms. The summed E-state index contributed by atoms with van der Waals surface area (Å²) < 4.78 is 6.92. The highest BCUT2D eigenvalue weighted by Crippen LogP contribution is 2.24. The quantitative estimate of drug-likeness (QED) is 0.454. The summed E-state index contributed by atoms with van der Waals surface area (Å²) in [6.07, 6.45) is 1.65. The lowest BCUT2D eigenvalue weighted by Gasteiger charge is -2.13. The molecule has 0 saturated carbocycles. The van der Waals surface area contributed by atoms with E-state index in [-0.39, 0.29) is 18.1 Å². The van der Waals surface area contributed by atoms with Gasteiger partial charge in [0.25, 0.3) is 5.91 Å². The van der Waals surface area contributed by atoms with E-state index in [2.05, 4.69) is 20.6 Å². The van der Waals surface area contributed by atoms with Gasteiger partial charge in [0, 0.05) is 17.8 Å². The zero-order chi connectivity index (χ0) is 21.0. The van der Waals surface area contributed by atoms with Crippen LogP contribution < -0.4 is 5.32 Å². The Morgan fingerprint density at radius 1 is 1.41 bits per heavy atom. The zero-order valence-electron chi connectivity index (χ0n) is 15.7. The molecule has 3 rings (SSSR count). The second kappa shape index (κ2) is 9.39. The Kier molecular flexibility index (Phi) is 6.89. The number of nitrogens with zero attached hydrogens (tertiary/aromatic N) is 4. The van der Waals surface area contributed by atoms with Crippen LogP contribution in [0.25, 0.3) is 11.3 Å². The van der Waals surface area contributed by atoms with Gasteiger partial charge in [-0.3, -0.25) is 14.6 Å². The summed E-state index contributed by atoms with van der Waals surface area (Å²) in [5, 5.41) is 23.6. The van der Waals surface area contributed by atoms with Gasteiger partial charge < -0.3 is 8.38 Å². The first-order valence-corrected chi connectivity index (χ1v) is 10.0. The lowest BCUT2D eigenvalue weighted by molar-refractivity contribution is 0.0931. The highest BCUT2D eigenvalue weighted by molar-refractivity contribution is 14.1. The van der Waals surface area contributed by atoms with Crippen molar-refractivity contribution < 1.29 is 7.86 Å². The smallest absolute Gasteiger partial charge is 0.272 e. The number of carbonyl (C=O) groups is 1. The molecule has 8 nitrogen and oxygen atoms in total. The van der Waals surface area contributed by atoms with Crippen LogP contribution in [-0.4, -0.2) is 31.9 Å². The summed E-state index contributed by atoms with van der Waals surface area (Å²) in [5.74, 6) is -0.271. The van der Waals surface area contributed by atoms with E-state index in [1.54, 1.807) is 28.9 Å². The molecule has 0 aliphatic rings. The molecule has 2 aromatic heterocycles. The van der Waals surface area contributed by atoms with Crippen molar-refractivity contribution in [2.24, 2.45) is 0 Å². The number of hydrogen-bond acceptors (Lipinski definition) is 5. The fourth-order valence-corrected chi connectivity index (χ4v) is 3.21. The largest absolute Gasteiger partial charge is 0.346 e. The summed E-state index contributed by atoms with van der Waals surface area (Å²) in [4.78, 5) is 12.4. The van der Waals surface area contributed by atoms with Gasteiger partial charge in [0.05, 0.1) is 28.5 Å². The van der Waals surface area contributed by atoms with Crippen LogP contribution in [0, 0.1) is 11.3 Å². The summed E-state index contributed by atoms with van der Waals surface area (Å²) in [5.41, 5.74) is 3.02. The topological polar surface area (TPSA) is 109 Å². The van der Waals surface area contributed by atoms with E-state index in [9.17, 15) is 4.79 Å². The molecule has 1 aromatic carbocycles. The number of H-pyrrole nitrogens is 1. The molecule has 0 aliphatic heterocycles. The molecule has 2 N–H and O–H groups in total. The van der Waals surface area contributed by atoms with Crippen LogP contribution in [-0.2, 0) is 9.61 Å². The minimum Gasteiger partial charge on any atom is -0.346 e. The van der Waals surface area contributed by atoms with E-state index in [1.165, 1.54) is 0 Å². The first kappa shape index (κ1) is 21.3. The second-order valence-corrected chi connectivity index (χ2v) is 7.46. The molecule has 0 aliphatic carbocycles. The molecule has 0 radical (unpaired) electrons. The number of amides is 1. The Hall–Kier alpha value is -2.42. The molecule has 0 spiro atoms. The first-order valence-electron chi connectivity index (χ1n) is 8.78. The van der Waals surface area contributed by atoms with E-state index < -0.39 is 0 Å². The highest BCUT2D eigenvalue weighted by Gasteiger charge is 2.16. The maximum atomic E-state index is 12.4. The molecule has 0 saturated heterocycles. The van der Waals surface area contributed by atoms with Crippen molar-refractivity contribution in [3.63, 3.8) is 0 Å². The average molecular weight is 525 g/mol. The van der Waals surface area contributed by atoms with Crippen molar-refractivity contribution in [3.8, 4) is 17.3 Å². The Morgan fingerprint density at radius 3 is 2.90 bits per heavy atom. The Bertz CT molecular complexity index is 1060. The van der Waals surface area contributed by atoms with Crippen molar-refractivity contribution in [1.29, 1.82) is 5.26 Å². The van der Waals surface area contributed by atoms with Crippen molar-refractivity contribution in [2.75, 3.05) is 0 Å². The van der Waals surface area contributed by atoms with Crippen LogP contribution in [0.15, 0.2) is 36.5 Å². The summed E-state index contributed by atoms with van der Waals surface area (Å²) in [6, 6.07) is 10.6. The van der Waals surface area contributed by atoms with Crippen LogP contribution in [0.5, 0.6) is 0 Å². The molecule has 0 fully saturated rings. The summed E-state index contributed by atoms with van der Waals surface area (Å²) >= 11 is 7.90. The van der Waals surface area contributed by atoms with Gasteiger partial charge in [-0.25, -0.2) is 0 Å². The zero-order valence-corrected chi connectivity index (χ0v) is 18.6. The van der Waals surface area contributed by atoms with Gasteiger partial charge in [0.15, 0.2) is 0 Å². The van der Waals surface area contributed by atoms with Gasteiger partial charge in [0.2, 0.25) is 0 Å². The Labute approximate surface area is 186 Å². The maximum Gasteiger partial charge on any atom is 0.272 e. The van der Waals surface area contributed by atoms with E-state index in [0.29, 0.717) is 22.8 Å². The summed E-state index contributed by atoms with van der Waals surface area (Å²) in [6.45, 7) is 4.24. The number of nitriles is 1. The minimum atomic E-state index is -0.271. The van der Waals surface area contributed by atoms with Crippen LogP contribution in [0.3, 0.4) is 0 Å². The van der Waals surface area contributed by atoms with Crippen LogP contribution in [0.4, 0.5) is 0 Å². The highest BCUT2D eigenvalue weighted by atomic mass is 127.